The van der Waals surface area contributed by atoms with Crippen molar-refractivity contribution < 1.29 is 0 Å². The Hall–Kier alpha value is -2.68. The molecule has 0 saturated carbocycles. The molecule has 3 aromatic rings. The van der Waals surface area contributed by atoms with Crippen molar-refractivity contribution >= 4 is 34.7 Å². The van der Waals surface area contributed by atoms with Crippen molar-refractivity contribution in [2.45, 2.75) is 13.1 Å². The van der Waals surface area contributed by atoms with Crippen LogP contribution in [0.3, 0.4) is 0 Å². The molecule has 0 aliphatic rings. The van der Waals surface area contributed by atoms with Crippen LogP contribution in [0.4, 0.5) is 5.82 Å². The van der Waals surface area contributed by atoms with Crippen molar-refractivity contribution in [1.82, 2.24) is 14.0 Å². The third kappa shape index (κ3) is 4.59. The molecule has 6 nitrogen and oxygen atoms in total. The molecule has 0 unspecified atom stereocenters. The molecule has 0 spiro atoms. The van der Waals surface area contributed by atoms with E-state index in [1.54, 1.807) is 15.8 Å². The van der Waals surface area contributed by atoms with Gasteiger partial charge in [-0.2, -0.15) is 0 Å². The molecule has 3 rings (SSSR count). The van der Waals surface area contributed by atoms with E-state index in [4.69, 9.17) is 0 Å². The zero-order valence-electron chi connectivity index (χ0n) is 15.7. The fourth-order valence-corrected chi connectivity index (χ4v) is 3.49. The highest BCUT2D eigenvalue weighted by molar-refractivity contribution is 14.1. The predicted octanol–water partition coefficient (Wildman–Crippen LogP) is 2.93. The summed E-state index contributed by atoms with van der Waals surface area (Å²) >= 11 is 1.98. The Morgan fingerprint density at radius 1 is 0.893 bits per heavy atom. The predicted molar refractivity (Wildman–Crippen MR) is 121 cm³/mol. The average Bonchev–Trinajstić information content (AvgIpc) is 2.70. The van der Waals surface area contributed by atoms with Gasteiger partial charge in [-0.05, 0) is 33.7 Å². The third-order valence-corrected chi connectivity index (χ3v) is 5.07. The molecule has 1 aromatic heterocycles. The Labute approximate surface area is 176 Å². The maximum absolute atomic E-state index is 13.3. The molecule has 144 valence electrons. The summed E-state index contributed by atoms with van der Waals surface area (Å²) in [5, 5.41) is 0. The zero-order chi connectivity index (χ0) is 20.1. The van der Waals surface area contributed by atoms with Gasteiger partial charge in [-0.15, -0.1) is 0 Å². The van der Waals surface area contributed by atoms with E-state index in [-0.39, 0.29) is 17.8 Å². The van der Waals surface area contributed by atoms with Gasteiger partial charge >= 0.3 is 5.69 Å². The first-order chi connectivity index (χ1) is 13.5. The first-order valence-corrected chi connectivity index (χ1v) is 9.87. The number of hydrogen-bond acceptors (Lipinski definition) is 3. The Bertz CT molecular complexity index is 1090. The Morgan fingerprint density at radius 3 is 1.89 bits per heavy atom. The maximum Gasteiger partial charge on any atom is 0.333 e. The highest BCUT2D eigenvalue weighted by atomic mass is 127. The minimum Gasteiger partial charge on any atom is -0.369 e. The van der Waals surface area contributed by atoms with Crippen LogP contribution in [0.25, 0.3) is 0 Å². The summed E-state index contributed by atoms with van der Waals surface area (Å²) in [6.07, 6.45) is 1.60. The van der Waals surface area contributed by atoms with Crippen LogP contribution in [0.5, 0.6) is 0 Å². The van der Waals surface area contributed by atoms with Gasteiger partial charge in [0.25, 0.3) is 5.56 Å². The summed E-state index contributed by atoms with van der Waals surface area (Å²) < 4.78 is 3.25. The summed E-state index contributed by atoms with van der Waals surface area (Å²) in [7, 11) is 3.68. The van der Waals surface area contributed by atoms with Crippen LogP contribution in [0, 0.1) is 3.57 Å². The quantitative estimate of drug-likeness (QED) is 0.305. The van der Waals surface area contributed by atoms with Crippen molar-refractivity contribution in [2.24, 2.45) is 4.99 Å². The van der Waals surface area contributed by atoms with E-state index < -0.39 is 0 Å². The summed E-state index contributed by atoms with van der Waals surface area (Å²) in [5.74, 6) is 0.373. The van der Waals surface area contributed by atoms with Crippen LogP contribution in [0.2, 0.25) is 0 Å². The van der Waals surface area contributed by atoms with Crippen LogP contribution in [-0.4, -0.2) is 34.5 Å². The van der Waals surface area contributed by atoms with Gasteiger partial charge < -0.3 is 4.90 Å². The molecule has 2 aromatic carbocycles. The second-order valence-corrected chi connectivity index (χ2v) is 7.66. The standard InChI is InChI=1S/C21H21IN4O2/c1-24(2)15-23-19-18(22)20(27)26(14-17-11-7-4-8-12-17)21(28)25(19)13-16-9-5-3-6-10-16/h3-12,15H,13-14H2,1-2H3. The largest absolute Gasteiger partial charge is 0.369 e. The van der Waals surface area contributed by atoms with Crippen molar-refractivity contribution in [2.75, 3.05) is 14.1 Å². The Morgan fingerprint density at radius 2 is 1.39 bits per heavy atom. The lowest BCUT2D eigenvalue weighted by molar-refractivity contribution is 0.606. The Kier molecular flexibility index (Phi) is 6.45. The first kappa shape index (κ1) is 20.1. The van der Waals surface area contributed by atoms with Crippen LogP contribution >= 0.6 is 22.6 Å². The number of nitrogens with zero attached hydrogens (tertiary/aromatic N) is 4. The summed E-state index contributed by atoms with van der Waals surface area (Å²) in [5.41, 5.74) is 1.16. The summed E-state index contributed by atoms with van der Waals surface area (Å²) in [4.78, 5) is 32.4. The van der Waals surface area contributed by atoms with Gasteiger partial charge in [-0.1, -0.05) is 60.7 Å². The molecule has 0 aliphatic heterocycles. The number of aromatic nitrogens is 2. The molecule has 0 amide bonds. The van der Waals surface area contributed by atoms with Crippen molar-refractivity contribution in [1.29, 1.82) is 0 Å². The molecular formula is C21H21IN4O2. The molecule has 0 aliphatic carbocycles. The lowest BCUT2D eigenvalue weighted by Crippen LogP contribution is -2.41. The monoisotopic (exact) mass is 488 g/mol. The van der Waals surface area contributed by atoms with Gasteiger partial charge in [-0.25, -0.2) is 9.79 Å². The van der Waals surface area contributed by atoms with E-state index in [0.29, 0.717) is 15.9 Å². The van der Waals surface area contributed by atoms with Gasteiger partial charge in [0.1, 0.15) is 3.57 Å². The maximum atomic E-state index is 13.3. The van der Waals surface area contributed by atoms with Gasteiger partial charge in [0.05, 0.1) is 19.4 Å². The highest BCUT2D eigenvalue weighted by Gasteiger charge is 2.17. The third-order valence-electron chi connectivity index (χ3n) is 4.12. The topological polar surface area (TPSA) is 59.6 Å². The fourth-order valence-electron chi connectivity index (χ4n) is 2.77. The van der Waals surface area contributed by atoms with Gasteiger partial charge in [0.15, 0.2) is 5.82 Å². The van der Waals surface area contributed by atoms with E-state index in [9.17, 15) is 9.59 Å². The van der Waals surface area contributed by atoms with Crippen molar-refractivity contribution in [3.8, 4) is 0 Å². The molecule has 0 fully saturated rings. The lowest BCUT2D eigenvalue weighted by atomic mass is 10.2. The molecule has 0 atom stereocenters. The number of hydrogen-bond donors (Lipinski definition) is 0. The zero-order valence-corrected chi connectivity index (χ0v) is 17.9. The van der Waals surface area contributed by atoms with Gasteiger partial charge in [0, 0.05) is 14.1 Å². The molecule has 0 N–H and O–H groups in total. The molecule has 0 saturated heterocycles. The number of aliphatic imine (C=N–C) groups is 1. The van der Waals surface area contributed by atoms with Gasteiger partial charge in [0.2, 0.25) is 0 Å². The van der Waals surface area contributed by atoms with Crippen LogP contribution in [0.15, 0.2) is 75.2 Å². The average molecular weight is 488 g/mol. The number of rotatable bonds is 6. The Balaban J connectivity index is 2.17. The van der Waals surface area contributed by atoms with E-state index in [2.05, 4.69) is 4.99 Å². The molecule has 28 heavy (non-hydrogen) atoms. The van der Waals surface area contributed by atoms with Crippen LogP contribution in [-0.2, 0) is 13.1 Å². The van der Waals surface area contributed by atoms with E-state index in [0.717, 1.165) is 11.1 Å². The lowest BCUT2D eigenvalue weighted by Gasteiger charge is -2.15. The van der Waals surface area contributed by atoms with Gasteiger partial charge in [-0.3, -0.25) is 13.9 Å². The van der Waals surface area contributed by atoms with E-state index in [1.165, 1.54) is 4.57 Å². The second kappa shape index (κ2) is 9.01. The molecular weight excluding hydrogens is 467 g/mol. The minimum atomic E-state index is -0.371. The van der Waals surface area contributed by atoms with Crippen LogP contribution in [0.1, 0.15) is 11.1 Å². The summed E-state index contributed by atoms with van der Waals surface area (Å²) in [6.45, 7) is 0.561. The molecule has 0 radical (unpaired) electrons. The summed E-state index contributed by atoms with van der Waals surface area (Å²) in [6, 6.07) is 19.2. The fraction of sp³-hybridized carbons (Fsp3) is 0.190. The molecule has 0 bridgehead atoms. The normalized spacial score (nSPS) is 11.1. The van der Waals surface area contributed by atoms with E-state index in [1.807, 2.05) is 97.3 Å². The number of benzene rings is 2. The highest BCUT2D eigenvalue weighted by Crippen LogP contribution is 2.18. The molecule has 1 heterocycles. The van der Waals surface area contributed by atoms with Crippen molar-refractivity contribution in [3.05, 3.63) is 96.2 Å². The van der Waals surface area contributed by atoms with Crippen molar-refractivity contribution in [3.63, 3.8) is 0 Å². The second-order valence-electron chi connectivity index (χ2n) is 6.58. The first-order valence-electron chi connectivity index (χ1n) is 8.79. The minimum absolute atomic E-state index is 0.223. The van der Waals surface area contributed by atoms with E-state index >= 15 is 0 Å². The molecule has 7 heteroatoms. The smallest absolute Gasteiger partial charge is 0.333 e. The number of halogens is 1. The SMILES string of the molecule is CN(C)C=Nc1c(I)c(=O)n(Cc2ccccc2)c(=O)n1Cc1ccccc1. The van der Waals surface area contributed by atoms with Crippen LogP contribution < -0.4 is 11.2 Å².